The van der Waals surface area contributed by atoms with Crippen molar-refractivity contribution in [2.75, 3.05) is 13.1 Å². The monoisotopic (exact) mass is 226 g/mol. The minimum atomic E-state index is -0.527. The summed E-state index contributed by atoms with van der Waals surface area (Å²) in [7, 11) is 0. The molecule has 2 nitrogen and oxygen atoms in total. The van der Waals surface area contributed by atoms with E-state index in [1.807, 2.05) is 0 Å². The summed E-state index contributed by atoms with van der Waals surface area (Å²) in [6, 6.07) is 4.10. The molecule has 1 heterocycles. The third-order valence-corrected chi connectivity index (χ3v) is 2.89. The van der Waals surface area contributed by atoms with Gasteiger partial charge in [-0.15, -0.1) is 0 Å². The van der Waals surface area contributed by atoms with E-state index >= 15 is 0 Å². The number of hydrogen-bond acceptors (Lipinski definition) is 2. The first kappa shape index (κ1) is 11.5. The van der Waals surface area contributed by atoms with E-state index in [4.69, 9.17) is 0 Å². The SMILES string of the molecule is Fc1ccc(CNC2CCCNC2)c(F)c1. The highest BCUT2D eigenvalue weighted by molar-refractivity contribution is 5.18. The first-order chi connectivity index (χ1) is 7.75. The molecule has 0 aromatic heterocycles. The van der Waals surface area contributed by atoms with Crippen LogP contribution < -0.4 is 10.6 Å². The second kappa shape index (κ2) is 5.37. The molecule has 1 fully saturated rings. The minimum Gasteiger partial charge on any atom is -0.315 e. The summed E-state index contributed by atoms with van der Waals surface area (Å²) in [4.78, 5) is 0. The van der Waals surface area contributed by atoms with Crippen molar-refractivity contribution in [2.45, 2.75) is 25.4 Å². The fraction of sp³-hybridized carbons (Fsp3) is 0.500. The Morgan fingerprint density at radius 3 is 2.94 bits per heavy atom. The Kier molecular flexibility index (Phi) is 3.85. The van der Waals surface area contributed by atoms with Gasteiger partial charge in [-0.1, -0.05) is 6.07 Å². The number of piperidine rings is 1. The first-order valence-corrected chi connectivity index (χ1v) is 5.64. The molecule has 1 aromatic carbocycles. The van der Waals surface area contributed by atoms with Crippen molar-refractivity contribution in [3.05, 3.63) is 35.4 Å². The maximum absolute atomic E-state index is 13.3. The van der Waals surface area contributed by atoms with E-state index in [2.05, 4.69) is 10.6 Å². The zero-order chi connectivity index (χ0) is 11.4. The molecule has 0 radical (unpaired) electrons. The highest BCUT2D eigenvalue weighted by atomic mass is 19.1. The molecule has 1 saturated heterocycles. The third-order valence-electron chi connectivity index (χ3n) is 2.89. The average Bonchev–Trinajstić information content (AvgIpc) is 2.29. The fourth-order valence-electron chi connectivity index (χ4n) is 1.95. The highest BCUT2D eigenvalue weighted by Crippen LogP contribution is 2.10. The van der Waals surface area contributed by atoms with Gasteiger partial charge in [0.15, 0.2) is 0 Å². The van der Waals surface area contributed by atoms with Gasteiger partial charge >= 0.3 is 0 Å². The van der Waals surface area contributed by atoms with Gasteiger partial charge in [-0.2, -0.15) is 0 Å². The van der Waals surface area contributed by atoms with E-state index in [1.165, 1.54) is 12.1 Å². The van der Waals surface area contributed by atoms with Gasteiger partial charge in [-0.25, -0.2) is 8.78 Å². The lowest BCUT2D eigenvalue weighted by molar-refractivity contribution is 0.386. The highest BCUT2D eigenvalue weighted by Gasteiger charge is 2.12. The van der Waals surface area contributed by atoms with Crippen LogP contribution in [0.1, 0.15) is 18.4 Å². The molecule has 1 atom stereocenters. The summed E-state index contributed by atoms with van der Waals surface area (Å²) in [5, 5.41) is 6.55. The Balaban J connectivity index is 1.88. The van der Waals surface area contributed by atoms with Crippen molar-refractivity contribution in [3.63, 3.8) is 0 Å². The van der Waals surface area contributed by atoms with Crippen LogP contribution in [0.15, 0.2) is 18.2 Å². The van der Waals surface area contributed by atoms with Crippen molar-refractivity contribution in [3.8, 4) is 0 Å². The van der Waals surface area contributed by atoms with Crippen LogP contribution in [0.3, 0.4) is 0 Å². The Morgan fingerprint density at radius 2 is 2.25 bits per heavy atom. The molecule has 2 rings (SSSR count). The van der Waals surface area contributed by atoms with Gasteiger partial charge in [0, 0.05) is 30.8 Å². The van der Waals surface area contributed by atoms with Crippen molar-refractivity contribution in [2.24, 2.45) is 0 Å². The van der Waals surface area contributed by atoms with Crippen molar-refractivity contribution in [1.29, 1.82) is 0 Å². The number of hydrogen-bond donors (Lipinski definition) is 2. The normalized spacial score (nSPS) is 21.0. The predicted octanol–water partition coefficient (Wildman–Crippen LogP) is 1.81. The van der Waals surface area contributed by atoms with E-state index in [-0.39, 0.29) is 0 Å². The summed E-state index contributed by atoms with van der Waals surface area (Å²) in [5.41, 5.74) is 0.520. The van der Waals surface area contributed by atoms with E-state index in [0.29, 0.717) is 18.2 Å². The molecular weight excluding hydrogens is 210 g/mol. The number of nitrogens with one attached hydrogen (secondary N) is 2. The summed E-state index contributed by atoms with van der Waals surface area (Å²) in [6.45, 7) is 2.43. The van der Waals surface area contributed by atoms with Gasteiger partial charge in [-0.3, -0.25) is 0 Å². The maximum atomic E-state index is 13.3. The van der Waals surface area contributed by atoms with Crippen LogP contribution in [-0.4, -0.2) is 19.1 Å². The smallest absolute Gasteiger partial charge is 0.130 e. The summed E-state index contributed by atoms with van der Waals surface area (Å²) in [5.74, 6) is -1.00. The van der Waals surface area contributed by atoms with E-state index in [9.17, 15) is 8.78 Å². The van der Waals surface area contributed by atoms with Crippen LogP contribution >= 0.6 is 0 Å². The van der Waals surface area contributed by atoms with Crippen molar-refractivity contribution in [1.82, 2.24) is 10.6 Å². The lowest BCUT2D eigenvalue weighted by Crippen LogP contribution is -2.42. The zero-order valence-electron chi connectivity index (χ0n) is 9.10. The van der Waals surface area contributed by atoms with Crippen LogP contribution in [0.4, 0.5) is 8.78 Å². The van der Waals surface area contributed by atoms with E-state index < -0.39 is 11.6 Å². The Morgan fingerprint density at radius 1 is 1.38 bits per heavy atom. The standard InChI is InChI=1S/C12H16F2N2/c13-10-4-3-9(12(14)6-10)7-16-11-2-1-5-15-8-11/h3-4,6,11,15-16H,1-2,5,7-8H2. The molecule has 1 unspecified atom stereocenters. The summed E-state index contributed by atoms with van der Waals surface area (Å²) in [6.07, 6.45) is 2.25. The maximum Gasteiger partial charge on any atom is 0.130 e. The fourth-order valence-corrected chi connectivity index (χ4v) is 1.95. The molecule has 0 bridgehead atoms. The topological polar surface area (TPSA) is 24.1 Å². The second-order valence-corrected chi connectivity index (χ2v) is 4.16. The van der Waals surface area contributed by atoms with Crippen LogP contribution in [0.25, 0.3) is 0 Å². The molecule has 1 aromatic rings. The molecule has 4 heteroatoms. The van der Waals surface area contributed by atoms with E-state index in [1.54, 1.807) is 0 Å². The molecule has 0 amide bonds. The lowest BCUT2D eigenvalue weighted by Gasteiger charge is -2.24. The molecule has 1 aliphatic heterocycles. The van der Waals surface area contributed by atoms with E-state index in [0.717, 1.165) is 32.0 Å². The van der Waals surface area contributed by atoms with Gasteiger partial charge in [-0.05, 0) is 25.5 Å². The molecule has 2 N–H and O–H groups in total. The largest absolute Gasteiger partial charge is 0.315 e. The van der Waals surface area contributed by atoms with Gasteiger partial charge < -0.3 is 10.6 Å². The van der Waals surface area contributed by atoms with Crippen molar-refractivity contribution < 1.29 is 8.78 Å². The lowest BCUT2D eigenvalue weighted by atomic mass is 10.1. The predicted molar refractivity (Wildman–Crippen MR) is 59.1 cm³/mol. The molecule has 0 saturated carbocycles. The summed E-state index contributed by atoms with van der Waals surface area (Å²) < 4.78 is 26.0. The van der Waals surface area contributed by atoms with Gasteiger partial charge in [0.05, 0.1) is 0 Å². The summed E-state index contributed by atoms with van der Waals surface area (Å²) >= 11 is 0. The van der Waals surface area contributed by atoms with Gasteiger partial charge in [0.25, 0.3) is 0 Å². The van der Waals surface area contributed by atoms with Gasteiger partial charge in [0.2, 0.25) is 0 Å². The molecule has 16 heavy (non-hydrogen) atoms. The van der Waals surface area contributed by atoms with Crippen LogP contribution in [-0.2, 0) is 6.54 Å². The zero-order valence-corrected chi connectivity index (χ0v) is 9.10. The third kappa shape index (κ3) is 3.00. The number of halogens is 2. The van der Waals surface area contributed by atoms with Crippen LogP contribution in [0.2, 0.25) is 0 Å². The quantitative estimate of drug-likeness (QED) is 0.821. The van der Waals surface area contributed by atoms with Gasteiger partial charge in [0.1, 0.15) is 11.6 Å². The average molecular weight is 226 g/mol. The second-order valence-electron chi connectivity index (χ2n) is 4.16. The Bertz CT molecular complexity index is 349. The number of rotatable bonds is 3. The van der Waals surface area contributed by atoms with Crippen LogP contribution in [0.5, 0.6) is 0 Å². The first-order valence-electron chi connectivity index (χ1n) is 5.64. The van der Waals surface area contributed by atoms with Crippen molar-refractivity contribution >= 4 is 0 Å². The number of benzene rings is 1. The molecule has 0 spiro atoms. The Labute approximate surface area is 94.0 Å². The Hall–Kier alpha value is -1.00. The molecule has 88 valence electrons. The molecule has 0 aliphatic carbocycles. The van der Waals surface area contributed by atoms with Crippen LogP contribution in [0, 0.1) is 11.6 Å². The molecule has 1 aliphatic rings. The minimum absolute atomic E-state index is 0.387. The molecular formula is C12H16F2N2.